The lowest BCUT2D eigenvalue weighted by molar-refractivity contribution is 0.0451. The Morgan fingerprint density at radius 1 is 1.40 bits per heavy atom. The van der Waals surface area contributed by atoms with Gasteiger partial charge in [0.2, 0.25) is 0 Å². The summed E-state index contributed by atoms with van der Waals surface area (Å²) in [5.74, 6) is 0. The van der Waals surface area contributed by atoms with E-state index in [-0.39, 0.29) is 0 Å². The van der Waals surface area contributed by atoms with E-state index in [9.17, 15) is 0 Å². The SMILES string of the molecule is Nc1ccc2oc(SC3COC3)nc2c1. The second-order valence-electron chi connectivity index (χ2n) is 3.48. The van der Waals surface area contributed by atoms with Crippen molar-refractivity contribution in [3.05, 3.63) is 18.2 Å². The van der Waals surface area contributed by atoms with Gasteiger partial charge in [-0.1, -0.05) is 11.8 Å². The lowest BCUT2D eigenvalue weighted by Crippen LogP contribution is -2.30. The molecule has 2 aromatic rings. The maximum atomic E-state index is 5.66. The van der Waals surface area contributed by atoms with Gasteiger partial charge in [0.15, 0.2) is 5.58 Å². The highest BCUT2D eigenvalue weighted by molar-refractivity contribution is 7.99. The third-order valence-electron chi connectivity index (χ3n) is 2.27. The Kier molecular flexibility index (Phi) is 2.07. The molecule has 0 aliphatic carbocycles. The average molecular weight is 222 g/mol. The van der Waals surface area contributed by atoms with Crippen LogP contribution in [0.5, 0.6) is 0 Å². The van der Waals surface area contributed by atoms with Crippen LogP contribution in [0.1, 0.15) is 0 Å². The number of fused-ring (bicyclic) bond motifs is 1. The first-order valence-electron chi connectivity index (χ1n) is 4.72. The van der Waals surface area contributed by atoms with Gasteiger partial charge in [-0.15, -0.1) is 0 Å². The Balaban J connectivity index is 1.91. The summed E-state index contributed by atoms with van der Waals surface area (Å²) in [6.45, 7) is 1.57. The average Bonchev–Trinajstić information content (AvgIpc) is 2.53. The van der Waals surface area contributed by atoms with Gasteiger partial charge in [0.25, 0.3) is 5.22 Å². The van der Waals surface area contributed by atoms with Gasteiger partial charge in [0.1, 0.15) is 5.52 Å². The predicted molar refractivity (Wildman–Crippen MR) is 58.9 cm³/mol. The molecule has 0 bridgehead atoms. The maximum absolute atomic E-state index is 5.66. The van der Waals surface area contributed by atoms with Crippen LogP contribution in [-0.2, 0) is 4.74 Å². The Morgan fingerprint density at radius 3 is 3.00 bits per heavy atom. The summed E-state index contributed by atoms with van der Waals surface area (Å²) in [6.07, 6.45) is 0. The molecular formula is C10H10N2O2S. The van der Waals surface area contributed by atoms with Crippen molar-refractivity contribution < 1.29 is 9.15 Å². The van der Waals surface area contributed by atoms with Gasteiger partial charge < -0.3 is 14.9 Å². The lowest BCUT2D eigenvalue weighted by Gasteiger charge is -2.23. The highest BCUT2D eigenvalue weighted by Gasteiger charge is 2.22. The number of hydrogen-bond donors (Lipinski definition) is 1. The smallest absolute Gasteiger partial charge is 0.257 e. The van der Waals surface area contributed by atoms with E-state index < -0.39 is 0 Å². The topological polar surface area (TPSA) is 61.3 Å². The summed E-state index contributed by atoms with van der Waals surface area (Å²) in [5, 5.41) is 1.18. The van der Waals surface area contributed by atoms with Crippen molar-refractivity contribution in [2.24, 2.45) is 0 Å². The van der Waals surface area contributed by atoms with E-state index >= 15 is 0 Å². The molecule has 0 saturated carbocycles. The number of ether oxygens (including phenoxy) is 1. The molecule has 2 N–H and O–H groups in total. The summed E-state index contributed by atoms with van der Waals surface area (Å²) >= 11 is 1.62. The number of oxazole rings is 1. The van der Waals surface area contributed by atoms with Crippen LogP contribution >= 0.6 is 11.8 Å². The Morgan fingerprint density at radius 2 is 2.27 bits per heavy atom. The van der Waals surface area contributed by atoms with E-state index in [1.165, 1.54) is 0 Å². The normalized spacial score (nSPS) is 16.8. The molecule has 1 saturated heterocycles. The molecule has 0 amide bonds. The summed E-state index contributed by atoms with van der Waals surface area (Å²) < 4.78 is 10.7. The van der Waals surface area contributed by atoms with Crippen LogP contribution in [0.4, 0.5) is 5.69 Å². The Bertz CT molecular complexity index is 493. The van der Waals surface area contributed by atoms with Gasteiger partial charge in [-0.3, -0.25) is 0 Å². The molecule has 0 radical (unpaired) electrons. The van der Waals surface area contributed by atoms with Gasteiger partial charge in [-0.2, -0.15) is 0 Å². The molecule has 0 unspecified atom stereocenters. The monoisotopic (exact) mass is 222 g/mol. The summed E-state index contributed by atoms with van der Waals surface area (Å²) in [6, 6.07) is 5.48. The molecule has 3 rings (SSSR count). The third-order valence-corrected chi connectivity index (χ3v) is 3.25. The number of rotatable bonds is 2. The molecule has 15 heavy (non-hydrogen) atoms. The van der Waals surface area contributed by atoms with E-state index in [1.807, 2.05) is 18.2 Å². The predicted octanol–water partition coefficient (Wildman–Crippen LogP) is 1.90. The molecule has 2 heterocycles. The zero-order valence-corrected chi connectivity index (χ0v) is 8.79. The van der Waals surface area contributed by atoms with Crippen molar-refractivity contribution in [3.8, 4) is 0 Å². The number of thioether (sulfide) groups is 1. The van der Waals surface area contributed by atoms with Gasteiger partial charge in [0.05, 0.1) is 18.5 Å². The fourth-order valence-corrected chi connectivity index (χ4v) is 2.30. The van der Waals surface area contributed by atoms with E-state index in [2.05, 4.69) is 4.98 Å². The minimum Gasteiger partial charge on any atom is -0.431 e. The first kappa shape index (κ1) is 9.06. The van der Waals surface area contributed by atoms with E-state index in [0.717, 1.165) is 24.3 Å². The minimum absolute atomic E-state index is 0.482. The first-order valence-corrected chi connectivity index (χ1v) is 5.60. The van der Waals surface area contributed by atoms with Crippen LogP contribution in [-0.4, -0.2) is 23.4 Å². The summed E-state index contributed by atoms with van der Waals surface area (Å²) in [4.78, 5) is 4.36. The molecule has 4 nitrogen and oxygen atoms in total. The van der Waals surface area contributed by atoms with Crippen molar-refractivity contribution in [2.45, 2.75) is 10.5 Å². The molecule has 1 aliphatic rings. The lowest BCUT2D eigenvalue weighted by atomic mass is 10.3. The van der Waals surface area contributed by atoms with Gasteiger partial charge in [-0.25, -0.2) is 4.98 Å². The molecule has 0 atom stereocenters. The Hall–Kier alpha value is -1.20. The van der Waals surface area contributed by atoms with E-state index in [4.69, 9.17) is 14.9 Å². The molecule has 1 aromatic carbocycles. The van der Waals surface area contributed by atoms with Crippen molar-refractivity contribution >= 4 is 28.5 Å². The van der Waals surface area contributed by atoms with Crippen molar-refractivity contribution in [1.29, 1.82) is 0 Å². The summed E-state index contributed by atoms with van der Waals surface area (Å²) in [5.41, 5.74) is 7.97. The van der Waals surface area contributed by atoms with Crippen LogP contribution < -0.4 is 5.73 Å². The van der Waals surface area contributed by atoms with Crippen molar-refractivity contribution in [2.75, 3.05) is 18.9 Å². The van der Waals surface area contributed by atoms with Crippen LogP contribution in [0.2, 0.25) is 0 Å². The molecule has 1 fully saturated rings. The quantitative estimate of drug-likeness (QED) is 0.786. The fraction of sp³-hybridized carbons (Fsp3) is 0.300. The number of nitrogens with zero attached hydrogens (tertiary/aromatic N) is 1. The number of benzene rings is 1. The van der Waals surface area contributed by atoms with Crippen LogP contribution in [0.15, 0.2) is 27.8 Å². The summed E-state index contributed by atoms with van der Waals surface area (Å²) in [7, 11) is 0. The third kappa shape index (κ3) is 1.68. The van der Waals surface area contributed by atoms with Crippen molar-refractivity contribution in [3.63, 3.8) is 0 Å². The molecule has 0 spiro atoms. The second-order valence-corrected chi connectivity index (χ2v) is 4.74. The molecule has 1 aliphatic heterocycles. The van der Waals surface area contributed by atoms with Crippen molar-refractivity contribution in [1.82, 2.24) is 4.98 Å². The second kappa shape index (κ2) is 3.43. The van der Waals surface area contributed by atoms with E-state index in [1.54, 1.807) is 11.8 Å². The van der Waals surface area contributed by atoms with Crippen LogP contribution in [0.25, 0.3) is 11.1 Å². The number of nitrogen functional groups attached to an aromatic ring is 1. The standard InChI is InChI=1S/C10H10N2O2S/c11-6-1-2-9-8(3-6)12-10(14-9)15-7-4-13-5-7/h1-3,7H,4-5,11H2. The van der Waals surface area contributed by atoms with Crippen LogP contribution in [0, 0.1) is 0 Å². The number of anilines is 1. The molecule has 1 aromatic heterocycles. The largest absolute Gasteiger partial charge is 0.431 e. The minimum atomic E-state index is 0.482. The molecular weight excluding hydrogens is 212 g/mol. The Labute approximate surface area is 90.8 Å². The number of aromatic nitrogens is 1. The van der Waals surface area contributed by atoms with E-state index in [0.29, 0.717) is 16.2 Å². The zero-order chi connectivity index (χ0) is 10.3. The van der Waals surface area contributed by atoms with Crippen LogP contribution in [0.3, 0.4) is 0 Å². The molecule has 78 valence electrons. The number of hydrogen-bond acceptors (Lipinski definition) is 5. The molecule has 5 heteroatoms. The first-order chi connectivity index (χ1) is 7.31. The number of nitrogens with two attached hydrogens (primary N) is 1. The van der Waals surface area contributed by atoms with Gasteiger partial charge >= 0.3 is 0 Å². The van der Waals surface area contributed by atoms with Gasteiger partial charge in [-0.05, 0) is 18.2 Å². The highest BCUT2D eigenvalue weighted by atomic mass is 32.2. The maximum Gasteiger partial charge on any atom is 0.257 e. The van der Waals surface area contributed by atoms with Gasteiger partial charge in [0, 0.05) is 5.69 Å². The highest BCUT2D eigenvalue weighted by Crippen LogP contribution is 2.30. The fourth-order valence-electron chi connectivity index (χ4n) is 1.40. The zero-order valence-electron chi connectivity index (χ0n) is 7.97.